The van der Waals surface area contributed by atoms with Crippen LogP contribution >= 0.6 is 39.1 Å². The average Bonchev–Trinajstić information content (AvgIpc) is 2.84. The number of aromatic nitrogens is 2. The van der Waals surface area contributed by atoms with E-state index in [1.165, 1.54) is 0 Å². The Morgan fingerprint density at radius 2 is 2.05 bits per heavy atom. The van der Waals surface area contributed by atoms with Crippen molar-refractivity contribution in [3.05, 3.63) is 57.3 Å². The Bertz CT molecular complexity index is 880. The van der Waals surface area contributed by atoms with E-state index in [0.717, 1.165) is 21.2 Å². The summed E-state index contributed by atoms with van der Waals surface area (Å²) in [6, 6.07) is 13.1. The van der Waals surface area contributed by atoms with Gasteiger partial charge in [-0.3, -0.25) is 4.57 Å². The molecule has 1 heterocycles. The van der Waals surface area contributed by atoms with Gasteiger partial charge in [-0.15, -0.1) is 11.6 Å². The van der Waals surface area contributed by atoms with Crippen molar-refractivity contribution in [1.82, 2.24) is 9.55 Å². The van der Waals surface area contributed by atoms with Crippen LogP contribution in [0.3, 0.4) is 0 Å². The van der Waals surface area contributed by atoms with Crippen molar-refractivity contribution in [2.24, 2.45) is 0 Å². The van der Waals surface area contributed by atoms with Gasteiger partial charge in [0.15, 0.2) is 0 Å². The number of fused-ring (bicyclic) bond motifs is 1. The molecule has 2 aromatic carbocycles. The molecule has 21 heavy (non-hydrogen) atoms. The van der Waals surface area contributed by atoms with Crippen molar-refractivity contribution in [1.29, 1.82) is 5.26 Å². The van der Waals surface area contributed by atoms with Crippen molar-refractivity contribution in [3.8, 4) is 11.8 Å². The molecule has 3 nitrogen and oxygen atoms in total. The Hall–Kier alpha value is -1.54. The summed E-state index contributed by atoms with van der Waals surface area (Å²) in [5.74, 6) is 0.910. The molecule has 0 unspecified atom stereocenters. The lowest BCUT2D eigenvalue weighted by molar-refractivity contribution is 0.977. The van der Waals surface area contributed by atoms with Crippen molar-refractivity contribution in [2.45, 2.75) is 5.88 Å². The standard InChI is InChI=1S/C15H8BrCl2N3/c16-10-2-1-9(8-19)14(5-10)21-13-4-3-11(18)6-12(13)20-15(21)7-17/h1-6H,7H2. The zero-order valence-electron chi connectivity index (χ0n) is 10.6. The second-order valence-electron chi connectivity index (χ2n) is 4.40. The fraction of sp³-hybridized carbons (Fsp3) is 0.0667. The van der Waals surface area contributed by atoms with Crippen LogP contribution in [0, 0.1) is 11.3 Å². The SMILES string of the molecule is N#Cc1ccc(Br)cc1-n1c(CCl)nc2cc(Cl)ccc21. The minimum Gasteiger partial charge on any atom is -0.294 e. The maximum Gasteiger partial charge on any atom is 0.129 e. The van der Waals surface area contributed by atoms with Crippen molar-refractivity contribution in [2.75, 3.05) is 0 Å². The second-order valence-corrected chi connectivity index (χ2v) is 6.02. The van der Waals surface area contributed by atoms with E-state index in [1.807, 2.05) is 22.8 Å². The van der Waals surface area contributed by atoms with Gasteiger partial charge in [-0.2, -0.15) is 5.26 Å². The lowest BCUT2D eigenvalue weighted by atomic mass is 10.2. The second kappa shape index (κ2) is 5.69. The van der Waals surface area contributed by atoms with E-state index in [9.17, 15) is 5.26 Å². The summed E-state index contributed by atoms with van der Waals surface area (Å²) >= 11 is 15.5. The normalized spacial score (nSPS) is 10.8. The highest BCUT2D eigenvalue weighted by Crippen LogP contribution is 2.28. The van der Waals surface area contributed by atoms with Gasteiger partial charge >= 0.3 is 0 Å². The van der Waals surface area contributed by atoms with E-state index in [0.29, 0.717) is 16.4 Å². The Morgan fingerprint density at radius 3 is 2.76 bits per heavy atom. The van der Waals surface area contributed by atoms with Crippen LogP contribution < -0.4 is 0 Å². The molecule has 6 heteroatoms. The summed E-state index contributed by atoms with van der Waals surface area (Å²) in [5, 5.41) is 9.95. The molecular weight excluding hydrogens is 373 g/mol. The first-order valence-electron chi connectivity index (χ1n) is 6.07. The van der Waals surface area contributed by atoms with Gasteiger partial charge in [-0.25, -0.2) is 4.98 Å². The van der Waals surface area contributed by atoms with Crippen LogP contribution in [0.25, 0.3) is 16.7 Å². The summed E-state index contributed by atoms with van der Waals surface area (Å²) in [6.07, 6.45) is 0. The highest BCUT2D eigenvalue weighted by Gasteiger charge is 2.15. The number of nitrogens with zero attached hydrogens (tertiary/aromatic N) is 3. The molecule has 3 aromatic rings. The highest BCUT2D eigenvalue weighted by atomic mass is 79.9. The van der Waals surface area contributed by atoms with Crippen LogP contribution in [-0.2, 0) is 5.88 Å². The molecule has 0 amide bonds. The fourth-order valence-corrected chi connectivity index (χ4v) is 2.94. The van der Waals surface area contributed by atoms with Crippen LogP contribution in [0.1, 0.15) is 11.4 Å². The molecule has 1 aromatic heterocycles. The van der Waals surface area contributed by atoms with E-state index >= 15 is 0 Å². The summed E-state index contributed by atoms with van der Waals surface area (Å²) < 4.78 is 2.77. The molecule has 0 saturated heterocycles. The predicted octanol–water partition coefficient (Wildman–Crippen LogP) is 5.05. The van der Waals surface area contributed by atoms with Gasteiger partial charge in [0.05, 0.1) is 28.2 Å². The Labute approximate surface area is 139 Å². The molecule has 0 aliphatic rings. The zero-order chi connectivity index (χ0) is 15.0. The Morgan fingerprint density at radius 1 is 1.24 bits per heavy atom. The van der Waals surface area contributed by atoms with E-state index < -0.39 is 0 Å². The van der Waals surface area contributed by atoms with E-state index in [1.54, 1.807) is 18.2 Å². The lowest BCUT2D eigenvalue weighted by Crippen LogP contribution is -2.02. The molecule has 0 fully saturated rings. The fourth-order valence-electron chi connectivity index (χ4n) is 2.25. The van der Waals surface area contributed by atoms with E-state index in [2.05, 4.69) is 27.0 Å². The minimum absolute atomic E-state index is 0.240. The number of hydrogen-bond acceptors (Lipinski definition) is 2. The molecule has 0 radical (unpaired) electrons. The molecule has 0 aliphatic heterocycles. The van der Waals surface area contributed by atoms with Gasteiger partial charge in [0.1, 0.15) is 11.9 Å². The van der Waals surface area contributed by atoms with Gasteiger partial charge in [0, 0.05) is 9.50 Å². The molecule has 0 aliphatic carbocycles. The number of hydrogen-bond donors (Lipinski definition) is 0. The molecule has 0 saturated carbocycles. The monoisotopic (exact) mass is 379 g/mol. The quantitative estimate of drug-likeness (QED) is 0.583. The minimum atomic E-state index is 0.240. The summed E-state index contributed by atoms with van der Waals surface area (Å²) in [5.41, 5.74) is 2.91. The maximum atomic E-state index is 9.33. The maximum absolute atomic E-state index is 9.33. The molecule has 0 bridgehead atoms. The molecule has 0 atom stereocenters. The van der Waals surface area contributed by atoms with Crippen LogP contribution in [0.5, 0.6) is 0 Å². The largest absolute Gasteiger partial charge is 0.294 e. The third-order valence-corrected chi connectivity index (χ3v) is 4.09. The molecule has 104 valence electrons. The lowest BCUT2D eigenvalue weighted by Gasteiger charge is -2.10. The number of alkyl halides is 1. The van der Waals surface area contributed by atoms with E-state index in [-0.39, 0.29) is 5.88 Å². The van der Waals surface area contributed by atoms with Crippen LogP contribution in [0.2, 0.25) is 5.02 Å². The number of rotatable bonds is 2. The average molecular weight is 381 g/mol. The van der Waals surface area contributed by atoms with Crippen molar-refractivity contribution in [3.63, 3.8) is 0 Å². The number of nitriles is 1. The van der Waals surface area contributed by atoms with Gasteiger partial charge in [-0.05, 0) is 36.4 Å². The number of imidazole rings is 1. The number of benzene rings is 2. The van der Waals surface area contributed by atoms with Crippen LogP contribution in [0.15, 0.2) is 40.9 Å². The summed E-state index contributed by atoms with van der Waals surface area (Å²) in [7, 11) is 0. The zero-order valence-corrected chi connectivity index (χ0v) is 13.7. The summed E-state index contributed by atoms with van der Waals surface area (Å²) in [4.78, 5) is 4.50. The highest BCUT2D eigenvalue weighted by molar-refractivity contribution is 9.10. The Kier molecular flexibility index (Phi) is 3.90. The first-order chi connectivity index (χ1) is 10.1. The molecular formula is C15H8BrCl2N3. The third kappa shape index (κ3) is 2.53. The third-order valence-electron chi connectivity index (χ3n) is 3.13. The Balaban J connectivity index is 2.39. The molecule has 0 spiro atoms. The van der Waals surface area contributed by atoms with Gasteiger partial charge < -0.3 is 0 Å². The van der Waals surface area contributed by atoms with Gasteiger partial charge in [0.2, 0.25) is 0 Å². The van der Waals surface area contributed by atoms with Gasteiger partial charge in [0.25, 0.3) is 0 Å². The van der Waals surface area contributed by atoms with Crippen LogP contribution in [0.4, 0.5) is 0 Å². The van der Waals surface area contributed by atoms with Gasteiger partial charge in [-0.1, -0.05) is 27.5 Å². The van der Waals surface area contributed by atoms with E-state index in [4.69, 9.17) is 23.2 Å². The van der Waals surface area contributed by atoms with Crippen molar-refractivity contribution < 1.29 is 0 Å². The van der Waals surface area contributed by atoms with Crippen LogP contribution in [-0.4, -0.2) is 9.55 Å². The number of halogens is 3. The first kappa shape index (κ1) is 14.4. The topological polar surface area (TPSA) is 41.6 Å². The smallest absolute Gasteiger partial charge is 0.129 e. The first-order valence-corrected chi connectivity index (χ1v) is 7.77. The predicted molar refractivity (Wildman–Crippen MR) is 88.1 cm³/mol. The molecule has 0 N–H and O–H groups in total. The molecule has 3 rings (SSSR count). The van der Waals surface area contributed by atoms with Crippen molar-refractivity contribution >= 4 is 50.2 Å². The summed E-state index contributed by atoms with van der Waals surface area (Å²) in [6.45, 7) is 0.